The van der Waals surface area contributed by atoms with E-state index in [-0.39, 0.29) is 22.8 Å². The fraction of sp³-hybridized carbons (Fsp3) is 0.0833. The van der Waals surface area contributed by atoms with Gasteiger partial charge in [0.15, 0.2) is 11.2 Å². The van der Waals surface area contributed by atoms with Gasteiger partial charge in [-0.05, 0) is 6.07 Å². The zero-order valence-corrected chi connectivity index (χ0v) is 9.87. The highest BCUT2D eigenvalue weighted by Crippen LogP contribution is 2.18. The van der Waals surface area contributed by atoms with Gasteiger partial charge in [0.1, 0.15) is 5.75 Å². The quantitative estimate of drug-likeness (QED) is 0.617. The second-order valence-electron chi connectivity index (χ2n) is 4.12. The van der Waals surface area contributed by atoms with Gasteiger partial charge in [0.25, 0.3) is 5.56 Å². The van der Waals surface area contributed by atoms with Crippen LogP contribution in [0.2, 0.25) is 0 Å². The van der Waals surface area contributed by atoms with Gasteiger partial charge in [-0.1, -0.05) is 18.2 Å². The predicted molar refractivity (Wildman–Crippen MR) is 69.8 cm³/mol. The molecule has 0 aliphatic carbocycles. The first kappa shape index (κ1) is 11.3. The van der Waals surface area contributed by atoms with Gasteiger partial charge in [-0.15, -0.1) is 0 Å². The molecule has 1 aromatic carbocycles. The molecular weight excluding hydrogens is 246 g/mol. The molecule has 0 amide bonds. The Morgan fingerprint density at radius 1 is 1.37 bits per heavy atom. The van der Waals surface area contributed by atoms with Crippen LogP contribution < -0.4 is 11.3 Å². The molecule has 0 saturated carbocycles. The number of nitrogens with one attached hydrogen (secondary N) is 1. The van der Waals surface area contributed by atoms with Gasteiger partial charge in [-0.2, -0.15) is 4.98 Å². The van der Waals surface area contributed by atoms with E-state index in [4.69, 9.17) is 5.73 Å². The largest absolute Gasteiger partial charge is 0.508 e. The number of H-pyrrole nitrogens is 1. The highest BCUT2D eigenvalue weighted by Gasteiger charge is 2.10. The van der Waals surface area contributed by atoms with Crippen molar-refractivity contribution in [3.05, 3.63) is 46.5 Å². The fourth-order valence-electron chi connectivity index (χ4n) is 1.91. The molecule has 0 spiro atoms. The third-order valence-electron chi connectivity index (χ3n) is 2.83. The number of fused-ring (bicyclic) bond motifs is 1. The van der Waals surface area contributed by atoms with Crippen LogP contribution in [-0.2, 0) is 6.54 Å². The third kappa shape index (κ3) is 1.90. The minimum Gasteiger partial charge on any atom is -0.508 e. The molecule has 0 aliphatic heterocycles. The number of nitrogens with zero attached hydrogens (tertiary/aromatic N) is 3. The smallest absolute Gasteiger partial charge is 0.280 e. The number of para-hydroxylation sites is 1. The molecule has 0 bridgehead atoms. The lowest BCUT2D eigenvalue weighted by atomic mass is 10.2. The number of imidazole rings is 1. The number of hydrogen-bond donors (Lipinski definition) is 3. The second kappa shape index (κ2) is 4.13. The number of aromatic hydroxyl groups is 1. The molecule has 0 unspecified atom stereocenters. The average molecular weight is 257 g/mol. The molecule has 96 valence electrons. The molecule has 19 heavy (non-hydrogen) atoms. The summed E-state index contributed by atoms with van der Waals surface area (Å²) in [6, 6.07) is 6.95. The van der Waals surface area contributed by atoms with Gasteiger partial charge in [0.05, 0.1) is 12.9 Å². The number of rotatable bonds is 2. The fourth-order valence-corrected chi connectivity index (χ4v) is 1.91. The summed E-state index contributed by atoms with van der Waals surface area (Å²) in [5.74, 6) is 0.221. The zero-order valence-electron chi connectivity index (χ0n) is 9.87. The summed E-state index contributed by atoms with van der Waals surface area (Å²) in [6.45, 7) is 0.360. The maximum atomic E-state index is 11.6. The number of aromatic amines is 1. The van der Waals surface area contributed by atoms with Crippen LogP contribution in [0.5, 0.6) is 5.75 Å². The first-order chi connectivity index (χ1) is 9.15. The van der Waals surface area contributed by atoms with Crippen LogP contribution in [-0.4, -0.2) is 24.6 Å². The zero-order chi connectivity index (χ0) is 13.4. The summed E-state index contributed by atoms with van der Waals surface area (Å²) in [5, 5.41) is 9.74. The summed E-state index contributed by atoms with van der Waals surface area (Å²) in [7, 11) is 0. The number of anilines is 1. The average Bonchev–Trinajstić information content (AvgIpc) is 2.76. The Hall–Kier alpha value is -2.83. The van der Waals surface area contributed by atoms with E-state index in [1.807, 2.05) is 6.07 Å². The van der Waals surface area contributed by atoms with Crippen LogP contribution in [0.15, 0.2) is 35.4 Å². The Morgan fingerprint density at radius 2 is 2.16 bits per heavy atom. The van der Waals surface area contributed by atoms with Crippen molar-refractivity contribution >= 4 is 17.1 Å². The molecule has 0 saturated heterocycles. The van der Waals surface area contributed by atoms with Crippen molar-refractivity contribution in [3.8, 4) is 5.75 Å². The molecule has 3 aromatic rings. The van der Waals surface area contributed by atoms with E-state index in [0.717, 1.165) is 0 Å². The molecular formula is C12H11N5O2. The number of nitrogen functional groups attached to an aromatic ring is 1. The predicted octanol–water partition coefficient (Wildman–Crippen LogP) is 0.456. The summed E-state index contributed by atoms with van der Waals surface area (Å²) in [5.41, 5.74) is 6.47. The highest BCUT2D eigenvalue weighted by atomic mass is 16.3. The van der Waals surface area contributed by atoms with E-state index < -0.39 is 0 Å². The Kier molecular flexibility index (Phi) is 2.45. The van der Waals surface area contributed by atoms with Crippen molar-refractivity contribution < 1.29 is 5.11 Å². The third-order valence-corrected chi connectivity index (χ3v) is 2.83. The number of benzene rings is 1. The van der Waals surface area contributed by atoms with Gasteiger partial charge >= 0.3 is 0 Å². The van der Waals surface area contributed by atoms with Gasteiger partial charge in [0, 0.05) is 5.56 Å². The Morgan fingerprint density at radius 3 is 2.95 bits per heavy atom. The first-order valence-corrected chi connectivity index (χ1v) is 5.62. The van der Waals surface area contributed by atoms with Gasteiger partial charge < -0.3 is 15.4 Å². The summed E-state index contributed by atoms with van der Waals surface area (Å²) < 4.78 is 1.66. The first-order valence-electron chi connectivity index (χ1n) is 5.62. The normalized spacial score (nSPS) is 10.9. The number of aromatic nitrogens is 4. The maximum Gasteiger partial charge on any atom is 0.280 e. The molecule has 4 N–H and O–H groups in total. The van der Waals surface area contributed by atoms with Gasteiger partial charge in [0.2, 0.25) is 5.95 Å². The van der Waals surface area contributed by atoms with Crippen LogP contribution >= 0.6 is 0 Å². The van der Waals surface area contributed by atoms with Crippen molar-refractivity contribution in [2.24, 2.45) is 0 Å². The number of hydrogen-bond acceptors (Lipinski definition) is 5. The summed E-state index contributed by atoms with van der Waals surface area (Å²) in [4.78, 5) is 22.1. The molecule has 7 nitrogen and oxygen atoms in total. The number of nitrogens with two attached hydrogens (primary N) is 1. The highest BCUT2D eigenvalue weighted by molar-refractivity contribution is 5.70. The topological polar surface area (TPSA) is 110 Å². The van der Waals surface area contributed by atoms with Crippen molar-refractivity contribution in [1.29, 1.82) is 0 Å². The van der Waals surface area contributed by atoms with Crippen LogP contribution in [0, 0.1) is 0 Å². The minimum atomic E-state index is -0.376. The van der Waals surface area contributed by atoms with E-state index in [0.29, 0.717) is 17.8 Å². The van der Waals surface area contributed by atoms with Gasteiger partial charge in [-0.3, -0.25) is 9.78 Å². The van der Waals surface area contributed by atoms with Crippen molar-refractivity contribution in [3.63, 3.8) is 0 Å². The Balaban J connectivity index is 2.12. The summed E-state index contributed by atoms with van der Waals surface area (Å²) >= 11 is 0. The molecule has 3 rings (SSSR count). The lowest BCUT2D eigenvalue weighted by molar-refractivity contribution is 0.466. The lowest BCUT2D eigenvalue weighted by Gasteiger charge is -2.05. The molecule has 7 heteroatoms. The minimum absolute atomic E-state index is 0.0385. The molecule has 2 aromatic heterocycles. The van der Waals surface area contributed by atoms with Crippen LogP contribution in [0.25, 0.3) is 11.2 Å². The van der Waals surface area contributed by atoms with Crippen LogP contribution in [0.1, 0.15) is 5.56 Å². The van der Waals surface area contributed by atoms with Crippen molar-refractivity contribution in [2.75, 3.05) is 5.73 Å². The summed E-state index contributed by atoms with van der Waals surface area (Å²) in [6.07, 6.45) is 1.50. The van der Waals surface area contributed by atoms with E-state index in [9.17, 15) is 9.90 Å². The number of phenols is 1. The molecule has 0 aliphatic rings. The van der Waals surface area contributed by atoms with E-state index in [1.54, 1.807) is 22.8 Å². The second-order valence-corrected chi connectivity index (χ2v) is 4.12. The molecule has 0 atom stereocenters. The lowest BCUT2D eigenvalue weighted by Crippen LogP contribution is -2.12. The van der Waals surface area contributed by atoms with Crippen LogP contribution in [0.4, 0.5) is 5.95 Å². The monoisotopic (exact) mass is 257 g/mol. The molecule has 2 heterocycles. The molecule has 0 fully saturated rings. The van der Waals surface area contributed by atoms with E-state index in [2.05, 4.69) is 15.0 Å². The molecule has 0 radical (unpaired) electrons. The SMILES string of the molecule is Nc1nc2c(ncn2Cc2ccccc2O)c(=O)[nH]1. The maximum absolute atomic E-state index is 11.6. The van der Waals surface area contributed by atoms with Crippen LogP contribution in [0.3, 0.4) is 0 Å². The van der Waals surface area contributed by atoms with E-state index >= 15 is 0 Å². The standard InChI is InChI=1S/C12H11N5O2/c13-12-15-10-9(11(19)16-12)14-6-17(10)5-7-3-1-2-4-8(7)18/h1-4,6,18H,5H2,(H3,13,15,16,19). The Labute approximate surface area is 107 Å². The van der Waals surface area contributed by atoms with Crippen molar-refractivity contribution in [2.45, 2.75) is 6.54 Å². The van der Waals surface area contributed by atoms with Crippen molar-refractivity contribution in [1.82, 2.24) is 19.5 Å². The van der Waals surface area contributed by atoms with Gasteiger partial charge in [-0.25, -0.2) is 4.98 Å². The number of phenolic OH excluding ortho intramolecular Hbond substituents is 1. The Bertz CT molecular complexity index is 805. The van der Waals surface area contributed by atoms with E-state index in [1.165, 1.54) is 6.33 Å².